The van der Waals surface area contributed by atoms with Crippen molar-refractivity contribution in [2.75, 3.05) is 7.11 Å². The van der Waals surface area contributed by atoms with Gasteiger partial charge in [0.25, 0.3) is 0 Å². The largest absolute Gasteiger partial charge is 0.508 e. The van der Waals surface area contributed by atoms with Gasteiger partial charge in [-0.25, -0.2) is 4.98 Å². The molecule has 118 valence electrons. The fourth-order valence-electron chi connectivity index (χ4n) is 2.68. The van der Waals surface area contributed by atoms with Gasteiger partial charge in [-0.2, -0.15) is 0 Å². The maximum absolute atomic E-state index is 11.6. The van der Waals surface area contributed by atoms with E-state index < -0.39 is 5.60 Å². The molecule has 3 aromatic rings. The molecule has 2 N–H and O–H groups in total. The van der Waals surface area contributed by atoms with E-state index in [-0.39, 0.29) is 12.5 Å². The van der Waals surface area contributed by atoms with E-state index in [9.17, 15) is 10.2 Å². The average molecular weight is 310 g/mol. The number of nitrogens with zero attached hydrogens (tertiary/aromatic N) is 2. The second-order valence-corrected chi connectivity index (χ2v) is 5.26. The third kappa shape index (κ3) is 2.72. The molecule has 0 amide bonds. The number of benzene rings is 2. The number of aromatic hydroxyl groups is 1. The Morgan fingerprint density at radius 2 is 1.70 bits per heavy atom. The standard InChI is InChI=1S/C18H18N2O3/c1-23-13-20-12-11-19-17(20)18(22,14-5-3-2-4-6-14)15-7-9-16(21)10-8-15/h2-12,21-22H,13H2,1H3. The smallest absolute Gasteiger partial charge is 0.173 e. The predicted molar refractivity (Wildman–Crippen MR) is 85.9 cm³/mol. The second-order valence-electron chi connectivity index (χ2n) is 5.26. The Kier molecular flexibility index (Phi) is 4.14. The summed E-state index contributed by atoms with van der Waals surface area (Å²) in [6.07, 6.45) is 3.38. The summed E-state index contributed by atoms with van der Waals surface area (Å²) in [6.45, 7) is 0.280. The van der Waals surface area contributed by atoms with Gasteiger partial charge in [0, 0.05) is 19.5 Å². The van der Waals surface area contributed by atoms with Crippen LogP contribution in [0.5, 0.6) is 5.75 Å². The lowest BCUT2D eigenvalue weighted by molar-refractivity contribution is 0.0845. The van der Waals surface area contributed by atoms with Gasteiger partial charge in [-0.3, -0.25) is 0 Å². The number of ether oxygens (including phenoxy) is 1. The molecule has 0 fully saturated rings. The first-order valence-electron chi connectivity index (χ1n) is 7.24. The van der Waals surface area contributed by atoms with Crippen molar-refractivity contribution in [1.82, 2.24) is 9.55 Å². The Morgan fingerprint density at radius 1 is 1.04 bits per heavy atom. The van der Waals surface area contributed by atoms with Crippen LogP contribution in [0.15, 0.2) is 67.0 Å². The minimum absolute atomic E-state index is 0.143. The molecule has 1 unspecified atom stereocenters. The highest BCUT2D eigenvalue weighted by atomic mass is 16.5. The number of phenols is 1. The van der Waals surface area contributed by atoms with Gasteiger partial charge in [-0.05, 0) is 23.3 Å². The third-order valence-corrected chi connectivity index (χ3v) is 3.78. The van der Waals surface area contributed by atoms with Crippen molar-refractivity contribution >= 4 is 0 Å². The SMILES string of the molecule is COCn1ccnc1C(O)(c1ccccc1)c1ccc(O)cc1. The summed E-state index contributed by atoms with van der Waals surface area (Å²) < 4.78 is 6.93. The Hall–Kier alpha value is -2.63. The van der Waals surface area contributed by atoms with Crippen LogP contribution in [-0.4, -0.2) is 26.9 Å². The van der Waals surface area contributed by atoms with Crippen molar-refractivity contribution < 1.29 is 14.9 Å². The number of hydrogen-bond donors (Lipinski definition) is 2. The molecule has 0 saturated heterocycles. The van der Waals surface area contributed by atoms with Crippen LogP contribution >= 0.6 is 0 Å². The minimum atomic E-state index is -1.45. The molecule has 0 saturated carbocycles. The van der Waals surface area contributed by atoms with Gasteiger partial charge < -0.3 is 19.5 Å². The van der Waals surface area contributed by atoms with Crippen LogP contribution in [0.3, 0.4) is 0 Å². The number of methoxy groups -OCH3 is 1. The van der Waals surface area contributed by atoms with Gasteiger partial charge in [0.15, 0.2) is 11.4 Å². The van der Waals surface area contributed by atoms with Gasteiger partial charge in [0.05, 0.1) is 0 Å². The van der Waals surface area contributed by atoms with E-state index in [0.717, 1.165) is 0 Å². The maximum atomic E-state index is 11.6. The first-order valence-corrected chi connectivity index (χ1v) is 7.24. The van der Waals surface area contributed by atoms with Crippen LogP contribution in [0.25, 0.3) is 0 Å². The number of aromatic nitrogens is 2. The minimum Gasteiger partial charge on any atom is -0.508 e. The molecule has 23 heavy (non-hydrogen) atoms. The Bertz CT molecular complexity index is 768. The van der Waals surface area contributed by atoms with E-state index >= 15 is 0 Å². The highest BCUT2D eigenvalue weighted by Gasteiger charge is 2.37. The molecule has 2 aromatic carbocycles. The van der Waals surface area contributed by atoms with Crippen LogP contribution in [0, 0.1) is 0 Å². The quantitative estimate of drug-likeness (QED) is 0.760. The van der Waals surface area contributed by atoms with Crippen LogP contribution in [0.1, 0.15) is 17.0 Å². The van der Waals surface area contributed by atoms with Crippen LogP contribution in [0.4, 0.5) is 0 Å². The van der Waals surface area contributed by atoms with Crippen molar-refractivity contribution in [2.45, 2.75) is 12.3 Å². The highest BCUT2D eigenvalue weighted by Crippen LogP contribution is 2.36. The van der Waals surface area contributed by atoms with Gasteiger partial charge in [-0.1, -0.05) is 42.5 Å². The number of rotatable bonds is 5. The fourth-order valence-corrected chi connectivity index (χ4v) is 2.68. The Labute approximate surface area is 134 Å². The molecule has 0 aliphatic carbocycles. The summed E-state index contributed by atoms with van der Waals surface area (Å²) in [4.78, 5) is 4.35. The van der Waals surface area contributed by atoms with Crippen molar-refractivity contribution in [3.63, 3.8) is 0 Å². The number of imidazole rings is 1. The van der Waals surface area contributed by atoms with E-state index in [4.69, 9.17) is 4.74 Å². The third-order valence-electron chi connectivity index (χ3n) is 3.78. The second kappa shape index (κ2) is 6.24. The van der Waals surface area contributed by atoms with Crippen molar-refractivity contribution in [1.29, 1.82) is 0 Å². The molecule has 0 radical (unpaired) electrons. The number of aliphatic hydroxyl groups is 1. The summed E-state index contributed by atoms with van der Waals surface area (Å²) >= 11 is 0. The topological polar surface area (TPSA) is 67.5 Å². The average Bonchev–Trinajstić information content (AvgIpc) is 3.05. The van der Waals surface area contributed by atoms with Crippen LogP contribution in [0.2, 0.25) is 0 Å². The maximum Gasteiger partial charge on any atom is 0.173 e. The number of hydrogen-bond acceptors (Lipinski definition) is 4. The zero-order valence-electron chi connectivity index (χ0n) is 12.8. The van der Waals surface area contributed by atoms with Gasteiger partial charge in [-0.15, -0.1) is 0 Å². The Balaban J connectivity index is 2.21. The molecule has 0 aliphatic heterocycles. The van der Waals surface area contributed by atoms with E-state index in [1.54, 1.807) is 48.3 Å². The predicted octanol–water partition coefficient (Wildman–Crippen LogP) is 2.48. The molecule has 1 heterocycles. The fraction of sp³-hybridized carbons (Fsp3) is 0.167. The van der Waals surface area contributed by atoms with Crippen LogP contribution < -0.4 is 0 Å². The lowest BCUT2D eigenvalue weighted by Gasteiger charge is -2.29. The lowest BCUT2D eigenvalue weighted by atomic mass is 9.85. The van der Waals surface area contributed by atoms with Gasteiger partial charge >= 0.3 is 0 Å². The monoisotopic (exact) mass is 310 g/mol. The zero-order chi connectivity index (χ0) is 16.3. The molecule has 0 aliphatic rings. The summed E-state index contributed by atoms with van der Waals surface area (Å²) in [5.74, 6) is 0.598. The van der Waals surface area contributed by atoms with E-state index in [2.05, 4.69) is 4.98 Å². The van der Waals surface area contributed by atoms with Gasteiger partial charge in [0.2, 0.25) is 0 Å². The van der Waals surface area contributed by atoms with Crippen LogP contribution in [-0.2, 0) is 17.1 Å². The number of phenolic OH excluding ortho intramolecular Hbond substituents is 1. The summed E-state index contributed by atoms with van der Waals surface area (Å²) in [6, 6.07) is 15.8. The molecular weight excluding hydrogens is 292 g/mol. The van der Waals surface area contributed by atoms with E-state index in [1.165, 1.54) is 0 Å². The molecular formula is C18H18N2O3. The molecule has 0 bridgehead atoms. The first-order chi connectivity index (χ1) is 11.2. The lowest BCUT2D eigenvalue weighted by Crippen LogP contribution is -2.32. The molecule has 5 heteroatoms. The molecule has 1 aromatic heterocycles. The van der Waals surface area contributed by atoms with E-state index in [1.807, 2.05) is 30.3 Å². The molecule has 0 spiro atoms. The molecule has 5 nitrogen and oxygen atoms in total. The summed E-state index contributed by atoms with van der Waals surface area (Å²) in [7, 11) is 1.59. The van der Waals surface area contributed by atoms with Crippen molar-refractivity contribution in [3.05, 3.63) is 83.9 Å². The van der Waals surface area contributed by atoms with Crippen molar-refractivity contribution in [3.8, 4) is 5.75 Å². The zero-order valence-corrected chi connectivity index (χ0v) is 12.8. The summed E-state index contributed by atoms with van der Waals surface area (Å²) in [5.41, 5.74) is -0.143. The molecule has 1 atom stereocenters. The van der Waals surface area contributed by atoms with Crippen molar-refractivity contribution in [2.24, 2.45) is 0 Å². The highest BCUT2D eigenvalue weighted by molar-refractivity contribution is 5.44. The summed E-state index contributed by atoms with van der Waals surface area (Å²) in [5, 5.41) is 21.1. The van der Waals surface area contributed by atoms with E-state index in [0.29, 0.717) is 17.0 Å². The first kappa shape index (κ1) is 15.3. The Morgan fingerprint density at radius 3 is 2.35 bits per heavy atom. The molecule has 3 rings (SSSR count). The normalized spacial score (nSPS) is 13.7. The van der Waals surface area contributed by atoms with Gasteiger partial charge in [0.1, 0.15) is 12.5 Å².